The van der Waals surface area contributed by atoms with E-state index in [1.807, 2.05) is 13.0 Å². The number of benzene rings is 1. The maximum absolute atomic E-state index is 11.7. The third-order valence-electron chi connectivity index (χ3n) is 2.85. The number of carbonyl (C=O) groups excluding carboxylic acids is 1. The van der Waals surface area contributed by atoms with Crippen molar-refractivity contribution in [2.24, 2.45) is 0 Å². The van der Waals surface area contributed by atoms with Gasteiger partial charge in [-0.25, -0.2) is 0 Å². The maximum Gasteiger partial charge on any atom is 0.226 e. The predicted molar refractivity (Wildman–Crippen MR) is 76.5 cm³/mol. The van der Waals surface area contributed by atoms with Gasteiger partial charge in [-0.05, 0) is 30.7 Å². The molecule has 0 radical (unpaired) electrons. The summed E-state index contributed by atoms with van der Waals surface area (Å²) in [4.78, 5) is 11.7. The zero-order valence-electron chi connectivity index (χ0n) is 11.1. The number of H-pyrrole nitrogens is 1. The Morgan fingerprint density at radius 2 is 2.15 bits per heavy atom. The first-order valence-corrected chi connectivity index (χ1v) is 6.63. The van der Waals surface area contributed by atoms with Gasteiger partial charge in [0.25, 0.3) is 0 Å². The molecule has 2 rings (SSSR count). The number of amides is 1. The van der Waals surface area contributed by atoms with Gasteiger partial charge < -0.3 is 10.4 Å². The molecule has 1 atom stereocenters. The number of aromatic nitrogens is 2. The van der Waals surface area contributed by atoms with Crippen LogP contribution in [0.5, 0.6) is 0 Å². The molecule has 3 N–H and O–H groups in total. The number of carbonyl (C=O) groups is 1. The second kappa shape index (κ2) is 6.54. The first kappa shape index (κ1) is 14.6. The van der Waals surface area contributed by atoms with Crippen LogP contribution in [0.4, 0.5) is 0 Å². The molecule has 2 aromatic rings. The van der Waals surface area contributed by atoms with E-state index in [4.69, 9.17) is 11.6 Å². The topological polar surface area (TPSA) is 78.0 Å². The molecule has 1 aromatic carbocycles. The van der Waals surface area contributed by atoms with Gasteiger partial charge in [-0.2, -0.15) is 5.10 Å². The second-order valence-electron chi connectivity index (χ2n) is 4.59. The summed E-state index contributed by atoms with van der Waals surface area (Å²) in [7, 11) is 0. The summed E-state index contributed by atoms with van der Waals surface area (Å²) < 4.78 is 0. The van der Waals surface area contributed by atoms with Crippen molar-refractivity contribution in [3.63, 3.8) is 0 Å². The van der Waals surface area contributed by atoms with Gasteiger partial charge in [0.1, 0.15) is 0 Å². The summed E-state index contributed by atoms with van der Waals surface area (Å²) in [6.07, 6.45) is -0.561. The fraction of sp³-hybridized carbons (Fsp3) is 0.286. The number of nitrogens with zero attached hydrogens (tertiary/aromatic N) is 1. The zero-order valence-corrected chi connectivity index (χ0v) is 11.8. The van der Waals surface area contributed by atoms with Gasteiger partial charge >= 0.3 is 0 Å². The van der Waals surface area contributed by atoms with Crippen molar-refractivity contribution in [2.75, 3.05) is 6.54 Å². The molecule has 0 aliphatic heterocycles. The zero-order chi connectivity index (χ0) is 14.5. The van der Waals surface area contributed by atoms with Crippen LogP contribution in [0, 0.1) is 6.92 Å². The molecule has 20 heavy (non-hydrogen) atoms. The van der Waals surface area contributed by atoms with Crippen molar-refractivity contribution in [3.8, 4) is 0 Å². The highest BCUT2D eigenvalue weighted by molar-refractivity contribution is 6.30. The number of halogens is 1. The molecule has 0 fully saturated rings. The van der Waals surface area contributed by atoms with Crippen LogP contribution >= 0.6 is 11.6 Å². The van der Waals surface area contributed by atoms with Crippen molar-refractivity contribution in [1.82, 2.24) is 15.5 Å². The highest BCUT2D eigenvalue weighted by Crippen LogP contribution is 2.15. The van der Waals surface area contributed by atoms with Crippen molar-refractivity contribution in [1.29, 1.82) is 0 Å². The lowest BCUT2D eigenvalue weighted by molar-refractivity contribution is -0.120. The quantitative estimate of drug-likeness (QED) is 0.786. The monoisotopic (exact) mass is 293 g/mol. The van der Waals surface area contributed by atoms with Crippen LogP contribution in [0.3, 0.4) is 0 Å². The molecule has 0 spiro atoms. The van der Waals surface area contributed by atoms with Gasteiger partial charge in [0, 0.05) is 17.3 Å². The smallest absolute Gasteiger partial charge is 0.226 e. The van der Waals surface area contributed by atoms with Gasteiger partial charge in [0.2, 0.25) is 5.91 Å². The Morgan fingerprint density at radius 1 is 1.45 bits per heavy atom. The first-order valence-electron chi connectivity index (χ1n) is 6.25. The normalized spacial score (nSPS) is 12.2. The Kier molecular flexibility index (Phi) is 4.76. The molecule has 106 valence electrons. The van der Waals surface area contributed by atoms with Crippen molar-refractivity contribution in [2.45, 2.75) is 19.4 Å². The van der Waals surface area contributed by atoms with Gasteiger partial charge in [-0.3, -0.25) is 9.89 Å². The summed E-state index contributed by atoms with van der Waals surface area (Å²) in [6.45, 7) is 2.03. The van der Waals surface area contributed by atoms with E-state index in [9.17, 15) is 9.90 Å². The minimum atomic E-state index is -0.753. The van der Waals surface area contributed by atoms with Gasteiger partial charge in [0.15, 0.2) is 0 Å². The minimum Gasteiger partial charge on any atom is -0.387 e. The van der Waals surface area contributed by atoms with Crippen LogP contribution in [0.1, 0.15) is 23.1 Å². The van der Waals surface area contributed by atoms with Crippen molar-refractivity contribution in [3.05, 3.63) is 52.3 Å². The summed E-state index contributed by atoms with van der Waals surface area (Å²) in [6, 6.07) is 8.69. The van der Waals surface area contributed by atoms with Crippen LogP contribution in [-0.4, -0.2) is 27.8 Å². The highest BCUT2D eigenvalue weighted by atomic mass is 35.5. The number of hydrogen-bond donors (Lipinski definition) is 3. The number of hydrogen-bond acceptors (Lipinski definition) is 3. The lowest BCUT2D eigenvalue weighted by atomic mass is 10.1. The minimum absolute atomic E-state index is 0.157. The van der Waals surface area contributed by atoms with Crippen molar-refractivity contribution < 1.29 is 9.90 Å². The van der Waals surface area contributed by atoms with E-state index in [1.165, 1.54) is 0 Å². The molecular weight excluding hydrogens is 278 g/mol. The highest BCUT2D eigenvalue weighted by Gasteiger charge is 2.11. The first-order chi connectivity index (χ1) is 9.54. The van der Waals surface area contributed by atoms with Crippen LogP contribution < -0.4 is 5.32 Å². The summed E-state index contributed by atoms with van der Waals surface area (Å²) in [5, 5.41) is 20.0. The summed E-state index contributed by atoms with van der Waals surface area (Å²) in [5.74, 6) is -0.176. The molecule has 0 aliphatic carbocycles. The Morgan fingerprint density at radius 3 is 2.75 bits per heavy atom. The largest absolute Gasteiger partial charge is 0.387 e. The Hall–Kier alpha value is -1.85. The van der Waals surface area contributed by atoms with E-state index in [2.05, 4.69) is 15.5 Å². The Bertz CT molecular complexity index is 580. The fourth-order valence-corrected chi connectivity index (χ4v) is 1.93. The molecule has 0 saturated carbocycles. The molecule has 0 saturated heterocycles. The maximum atomic E-state index is 11.7. The third kappa shape index (κ3) is 4.08. The number of aryl methyl sites for hydroxylation is 1. The molecule has 0 aliphatic rings. The lowest BCUT2D eigenvalue weighted by Gasteiger charge is -2.12. The molecule has 5 nitrogen and oxygen atoms in total. The van der Waals surface area contributed by atoms with E-state index in [-0.39, 0.29) is 18.9 Å². The Labute approximate surface area is 122 Å². The van der Waals surface area contributed by atoms with E-state index < -0.39 is 6.10 Å². The molecule has 0 bridgehead atoms. The molecule has 6 heteroatoms. The second-order valence-corrected chi connectivity index (χ2v) is 5.03. The lowest BCUT2D eigenvalue weighted by Crippen LogP contribution is -2.29. The fourth-order valence-electron chi connectivity index (χ4n) is 1.81. The van der Waals surface area contributed by atoms with Gasteiger partial charge in [-0.15, -0.1) is 0 Å². The van der Waals surface area contributed by atoms with Gasteiger partial charge in [-0.1, -0.05) is 23.7 Å². The van der Waals surface area contributed by atoms with Crippen LogP contribution in [-0.2, 0) is 11.2 Å². The van der Waals surface area contributed by atoms with E-state index in [1.54, 1.807) is 24.3 Å². The molecule has 1 amide bonds. The summed E-state index contributed by atoms with van der Waals surface area (Å²) >= 11 is 5.77. The van der Waals surface area contributed by atoms with Gasteiger partial charge in [0.05, 0.1) is 18.2 Å². The average Bonchev–Trinajstić information content (AvgIpc) is 2.82. The third-order valence-corrected chi connectivity index (χ3v) is 3.10. The standard InChI is InChI=1S/C14H16ClN3O2/c1-9-6-12(18-17-9)7-14(20)16-8-13(19)10-2-4-11(15)5-3-10/h2-6,13,19H,7-8H2,1H3,(H,16,20)(H,17,18). The van der Waals surface area contributed by atoms with Crippen LogP contribution in [0.2, 0.25) is 5.02 Å². The van der Waals surface area contributed by atoms with Crippen LogP contribution in [0.15, 0.2) is 30.3 Å². The number of aliphatic hydroxyl groups excluding tert-OH is 1. The van der Waals surface area contributed by atoms with Crippen LogP contribution in [0.25, 0.3) is 0 Å². The predicted octanol–water partition coefficient (Wildman–Crippen LogP) is 1.76. The van der Waals surface area contributed by atoms with Crippen molar-refractivity contribution >= 4 is 17.5 Å². The molecule has 1 aromatic heterocycles. The number of nitrogens with one attached hydrogen (secondary N) is 2. The number of aromatic amines is 1. The van der Waals surface area contributed by atoms with E-state index in [0.29, 0.717) is 16.3 Å². The van der Waals surface area contributed by atoms with E-state index in [0.717, 1.165) is 5.69 Å². The summed E-state index contributed by atoms with van der Waals surface area (Å²) in [5.41, 5.74) is 2.31. The Balaban J connectivity index is 1.82. The SMILES string of the molecule is Cc1cc(CC(=O)NCC(O)c2ccc(Cl)cc2)n[nH]1. The molecule has 1 unspecified atom stereocenters. The number of aliphatic hydroxyl groups is 1. The molecular formula is C14H16ClN3O2. The average molecular weight is 294 g/mol. The van der Waals surface area contributed by atoms with E-state index >= 15 is 0 Å². The number of rotatable bonds is 5. The molecule has 1 heterocycles.